The van der Waals surface area contributed by atoms with E-state index >= 15 is 0 Å². The van der Waals surface area contributed by atoms with Crippen molar-refractivity contribution in [1.82, 2.24) is 20.3 Å². The molecule has 154 valence electrons. The van der Waals surface area contributed by atoms with Crippen LogP contribution in [0.3, 0.4) is 0 Å². The maximum atomic E-state index is 12.7. The first-order valence-corrected chi connectivity index (χ1v) is 10.7. The average molecular weight is 395 g/mol. The summed E-state index contributed by atoms with van der Waals surface area (Å²) in [7, 11) is 0. The lowest BCUT2D eigenvalue weighted by atomic mass is 9.95. The summed E-state index contributed by atoms with van der Waals surface area (Å²) < 4.78 is 0. The van der Waals surface area contributed by atoms with E-state index in [0.717, 1.165) is 56.4 Å². The molecular weight excluding hydrogens is 364 g/mol. The quantitative estimate of drug-likeness (QED) is 0.840. The molecule has 4 rings (SSSR count). The molecule has 0 aromatic carbocycles. The highest BCUT2D eigenvalue weighted by atomic mass is 16.1. The molecule has 2 fully saturated rings. The Kier molecular flexibility index (Phi) is 6.22. The lowest BCUT2D eigenvalue weighted by molar-refractivity contribution is -0.126. The minimum absolute atomic E-state index is 0.0472. The zero-order valence-electron chi connectivity index (χ0n) is 17.1. The van der Waals surface area contributed by atoms with Crippen molar-refractivity contribution in [3.05, 3.63) is 42.5 Å². The summed E-state index contributed by atoms with van der Waals surface area (Å²) in [5, 5.41) is 3.11. The van der Waals surface area contributed by atoms with E-state index in [0.29, 0.717) is 0 Å². The number of aromatic nitrogens is 3. The number of nitrogens with zero attached hydrogens (tertiary/aromatic N) is 5. The molecule has 7 heteroatoms. The predicted octanol–water partition coefficient (Wildman–Crippen LogP) is 2.96. The molecule has 0 spiro atoms. The van der Waals surface area contributed by atoms with Crippen LogP contribution in [-0.4, -0.2) is 47.0 Å². The predicted molar refractivity (Wildman–Crippen MR) is 114 cm³/mol. The topological polar surface area (TPSA) is 74.2 Å². The summed E-state index contributed by atoms with van der Waals surface area (Å²) in [6, 6.07) is 5.71. The van der Waals surface area contributed by atoms with E-state index in [4.69, 9.17) is 0 Å². The molecule has 2 aromatic heterocycles. The molecule has 1 unspecified atom stereocenters. The lowest BCUT2D eigenvalue weighted by Crippen LogP contribution is -2.41. The van der Waals surface area contributed by atoms with Crippen LogP contribution in [0.15, 0.2) is 36.8 Å². The van der Waals surface area contributed by atoms with Gasteiger partial charge in [-0.05, 0) is 51.2 Å². The summed E-state index contributed by atoms with van der Waals surface area (Å²) in [4.78, 5) is 30.7. The highest BCUT2D eigenvalue weighted by Gasteiger charge is 2.26. The Morgan fingerprint density at radius 1 is 1.00 bits per heavy atom. The number of pyridine rings is 1. The average Bonchev–Trinajstić information content (AvgIpc) is 2.80. The normalized spacial score (nSPS) is 19.1. The fourth-order valence-corrected chi connectivity index (χ4v) is 4.17. The standard InChI is InChI=1S/C22H30N6O/c1-17(20-7-3-4-10-23-20)26-21(29)18-8-13-27(14-9-18)19-15-24-22(25-16-19)28-11-5-2-6-12-28/h3-4,7,10,15-18H,2,5-6,8-9,11-14H2,1H3,(H,26,29). The molecule has 2 aliphatic rings. The van der Waals surface area contributed by atoms with Crippen molar-refractivity contribution in [1.29, 1.82) is 0 Å². The van der Waals surface area contributed by atoms with Gasteiger partial charge in [0.2, 0.25) is 11.9 Å². The van der Waals surface area contributed by atoms with Crippen LogP contribution in [-0.2, 0) is 4.79 Å². The molecule has 1 atom stereocenters. The first-order valence-electron chi connectivity index (χ1n) is 10.7. The fraction of sp³-hybridized carbons (Fsp3) is 0.545. The lowest BCUT2D eigenvalue weighted by Gasteiger charge is -2.33. The van der Waals surface area contributed by atoms with E-state index in [9.17, 15) is 4.79 Å². The number of nitrogens with one attached hydrogen (secondary N) is 1. The molecule has 1 N–H and O–H groups in total. The number of piperidine rings is 2. The third kappa shape index (κ3) is 4.83. The van der Waals surface area contributed by atoms with E-state index in [-0.39, 0.29) is 17.9 Å². The van der Waals surface area contributed by atoms with Gasteiger partial charge in [-0.2, -0.15) is 0 Å². The first-order chi connectivity index (χ1) is 14.2. The minimum Gasteiger partial charge on any atom is -0.369 e. The maximum Gasteiger partial charge on any atom is 0.225 e. The number of carbonyl (C=O) groups is 1. The van der Waals surface area contributed by atoms with Crippen molar-refractivity contribution in [2.45, 2.75) is 45.1 Å². The van der Waals surface area contributed by atoms with Gasteiger partial charge in [-0.3, -0.25) is 9.78 Å². The van der Waals surface area contributed by atoms with E-state index in [1.165, 1.54) is 19.3 Å². The zero-order chi connectivity index (χ0) is 20.1. The van der Waals surface area contributed by atoms with Crippen LogP contribution in [0.1, 0.15) is 50.8 Å². The smallest absolute Gasteiger partial charge is 0.225 e. The van der Waals surface area contributed by atoms with E-state index < -0.39 is 0 Å². The van der Waals surface area contributed by atoms with Gasteiger partial charge in [0.05, 0.1) is 29.8 Å². The Morgan fingerprint density at radius 2 is 1.72 bits per heavy atom. The third-order valence-electron chi connectivity index (χ3n) is 5.98. The Labute approximate surface area is 172 Å². The number of hydrogen-bond acceptors (Lipinski definition) is 6. The number of amides is 1. The number of anilines is 2. The highest BCUT2D eigenvalue weighted by molar-refractivity contribution is 5.79. The Hall–Kier alpha value is -2.70. The van der Waals surface area contributed by atoms with E-state index in [1.807, 2.05) is 37.5 Å². The maximum absolute atomic E-state index is 12.7. The van der Waals surface area contributed by atoms with Crippen molar-refractivity contribution in [2.24, 2.45) is 5.92 Å². The molecule has 1 amide bonds. The summed E-state index contributed by atoms with van der Waals surface area (Å²) in [5.74, 6) is 1.01. The van der Waals surface area contributed by atoms with Gasteiger partial charge < -0.3 is 15.1 Å². The van der Waals surface area contributed by atoms with Gasteiger partial charge in [0.1, 0.15) is 0 Å². The summed E-state index contributed by atoms with van der Waals surface area (Å²) in [6.45, 7) is 5.79. The molecule has 0 aliphatic carbocycles. The van der Waals surface area contributed by atoms with Crippen LogP contribution in [0, 0.1) is 5.92 Å². The van der Waals surface area contributed by atoms with Gasteiger partial charge in [0, 0.05) is 38.3 Å². The monoisotopic (exact) mass is 394 g/mol. The molecule has 0 saturated carbocycles. The van der Waals surface area contributed by atoms with Crippen molar-refractivity contribution in [3.8, 4) is 0 Å². The molecule has 2 saturated heterocycles. The number of hydrogen-bond donors (Lipinski definition) is 1. The SMILES string of the molecule is CC(NC(=O)C1CCN(c2cnc(N3CCCCC3)nc2)CC1)c1ccccn1. The van der Waals surface area contributed by atoms with E-state index in [2.05, 4.69) is 30.1 Å². The molecule has 29 heavy (non-hydrogen) atoms. The van der Waals surface area contributed by atoms with Crippen LogP contribution >= 0.6 is 0 Å². The Morgan fingerprint density at radius 3 is 2.38 bits per heavy atom. The second-order valence-corrected chi connectivity index (χ2v) is 8.04. The highest BCUT2D eigenvalue weighted by Crippen LogP contribution is 2.24. The summed E-state index contributed by atoms with van der Waals surface area (Å²) >= 11 is 0. The molecule has 0 bridgehead atoms. The largest absolute Gasteiger partial charge is 0.369 e. The summed E-state index contributed by atoms with van der Waals surface area (Å²) in [6.07, 6.45) is 11.1. The molecule has 2 aliphatic heterocycles. The van der Waals surface area contributed by atoms with Crippen LogP contribution < -0.4 is 15.1 Å². The molecule has 0 radical (unpaired) electrons. The minimum atomic E-state index is -0.0718. The van der Waals surface area contributed by atoms with Gasteiger partial charge in [0.25, 0.3) is 0 Å². The Bertz CT molecular complexity index is 783. The van der Waals surface area contributed by atoms with Gasteiger partial charge in [0.15, 0.2) is 0 Å². The van der Waals surface area contributed by atoms with Crippen molar-refractivity contribution >= 4 is 17.5 Å². The second-order valence-electron chi connectivity index (χ2n) is 8.04. The molecule has 2 aromatic rings. The van der Waals surface area contributed by atoms with Crippen LogP contribution in [0.5, 0.6) is 0 Å². The van der Waals surface area contributed by atoms with Gasteiger partial charge >= 0.3 is 0 Å². The van der Waals surface area contributed by atoms with Crippen LogP contribution in [0.25, 0.3) is 0 Å². The zero-order valence-corrected chi connectivity index (χ0v) is 17.1. The Balaban J connectivity index is 1.28. The van der Waals surface area contributed by atoms with E-state index in [1.54, 1.807) is 6.20 Å². The number of rotatable bonds is 5. The third-order valence-corrected chi connectivity index (χ3v) is 5.98. The van der Waals surface area contributed by atoms with Crippen LogP contribution in [0.4, 0.5) is 11.6 Å². The summed E-state index contributed by atoms with van der Waals surface area (Å²) in [5.41, 5.74) is 1.94. The van der Waals surface area contributed by atoms with Gasteiger partial charge in [-0.1, -0.05) is 6.07 Å². The molecule has 7 nitrogen and oxygen atoms in total. The second kappa shape index (κ2) is 9.20. The molecular formula is C22H30N6O. The van der Waals surface area contributed by atoms with Gasteiger partial charge in [-0.25, -0.2) is 9.97 Å². The van der Waals surface area contributed by atoms with Crippen molar-refractivity contribution in [3.63, 3.8) is 0 Å². The van der Waals surface area contributed by atoms with Crippen molar-refractivity contribution in [2.75, 3.05) is 36.0 Å². The first kappa shape index (κ1) is 19.6. The van der Waals surface area contributed by atoms with Crippen LogP contribution in [0.2, 0.25) is 0 Å². The fourth-order valence-electron chi connectivity index (χ4n) is 4.17. The number of carbonyl (C=O) groups excluding carboxylic acids is 1. The van der Waals surface area contributed by atoms with Gasteiger partial charge in [-0.15, -0.1) is 0 Å². The van der Waals surface area contributed by atoms with Crippen molar-refractivity contribution < 1.29 is 4.79 Å². The molecule has 4 heterocycles.